The van der Waals surface area contributed by atoms with Crippen molar-refractivity contribution in [3.63, 3.8) is 0 Å². The number of hydrogen-bond donors (Lipinski definition) is 1. The van der Waals surface area contributed by atoms with Gasteiger partial charge in [0.1, 0.15) is 5.76 Å². The summed E-state index contributed by atoms with van der Waals surface area (Å²) in [5.74, 6) is 1.24. The summed E-state index contributed by atoms with van der Waals surface area (Å²) in [5.41, 5.74) is 2.21. The van der Waals surface area contributed by atoms with Crippen molar-refractivity contribution >= 4 is 5.90 Å². The normalized spacial score (nSPS) is 22.9. The summed E-state index contributed by atoms with van der Waals surface area (Å²) < 4.78 is 5.43. The van der Waals surface area contributed by atoms with Gasteiger partial charge in [-0.1, -0.05) is 25.5 Å². The van der Waals surface area contributed by atoms with E-state index in [1.165, 1.54) is 5.57 Å². The second-order valence-corrected chi connectivity index (χ2v) is 3.62. The minimum Gasteiger partial charge on any atom is -0.439 e. The Labute approximate surface area is 84.5 Å². The Morgan fingerprint density at radius 3 is 3.21 bits per heavy atom. The number of hydrogen-bond acceptors (Lipinski definition) is 2. The highest BCUT2D eigenvalue weighted by molar-refractivity contribution is 5.99. The molecule has 0 fully saturated rings. The molecule has 0 aromatic heterocycles. The van der Waals surface area contributed by atoms with Gasteiger partial charge in [0.2, 0.25) is 5.90 Å². The highest BCUT2D eigenvalue weighted by Gasteiger charge is 2.25. The second-order valence-electron chi connectivity index (χ2n) is 3.62. The van der Waals surface area contributed by atoms with Crippen LogP contribution in [0.5, 0.6) is 0 Å². The number of unbranched alkanes of at least 4 members (excludes halogenated alkanes) is 1. The van der Waals surface area contributed by atoms with Crippen molar-refractivity contribution in [2.45, 2.75) is 32.6 Å². The Kier molecular flexibility index (Phi) is 2.53. The summed E-state index contributed by atoms with van der Waals surface area (Å²) in [6.07, 6.45) is 10.5. The van der Waals surface area contributed by atoms with Crippen LogP contribution in [0.3, 0.4) is 0 Å². The average molecular weight is 189 g/mol. The SMILES string of the molecule is CCC/C=C1\OC(=N)C2=C1CCC=C2. The van der Waals surface area contributed by atoms with E-state index in [4.69, 9.17) is 10.1 Å². The van der Waals surface area contributed by atoms with Gasteiger partial charge in [-0.05, 0) is 25.3 Å². The maximum atomic E-state index is 7.67. The molecule has 0 atom stereocenters. The summed E-state index contributed by atoms with van der Waals surface area (Å²) in [6, 6.07) is 0. The van der Waals surface area contributed by atoms with E-state index in [1.807, 2.05) is 6.08 Å². The molecule has 1 aliphatic heterocycles. The van der Waals surface area contributed by atoms with Gasteiger partial charge in [0.05, 0.1) is 0 Å². The van der Waals surface area contributed by atoms with Gasteiger partial charge in [-0.2, -0.15) is 0 Å². The Morgan fingerprint density at radius 1 is 1.57 bits per heavy atom. The van der Waals surface area contributed by atoms with Gasteiger partial charge in [0, 0.05) is 11.1 Å². The third-order valence-electron chi connectivity index (χ3n) is 2.54. The molecular formula is C12H15NO. The first-order chi connectivity index (χ1) is 6.83. The smallest absolute Gasteiger partial charge is 0.219 e. The van der Waals surface area contributed by atoms with Crippen LogP contribution >= 0.6 is 0 Å². The van der Waals surface area contributed by atoms with Crippen molar-refractivity contribution < 1.29 is 4.74 Å². The molecule has 0 spiro atoms. The number of allylic oxidation sites excluding steroid dienone is 3. The topological polar surface area (TPSA) is 33.1 Å². The highest BCUT2D eigenvalue weighted by atomic mass is 16.5. The molecule has 0 radical (unpaired) electrons. The maximum absolute atomic E-state index is 7.67. The van der Waals surface area contributed by atoms with Crippen LogP contribution in [0.1, 0.15) is 32.6 Å². The predicted molar refractivity (Wildman–Crippen MR) is 57.2 cm³/mol. The van der Waals surface area contributed by atoms with E-state index in [0.717, 1.165) is 37.0 Å². The molecule has 0 aromatic carbocycles. The monoisotopic (exact) mass is 189 g/mol. The summed E-state index contributed by atoms with van der Waals surface area (Å²) >= 11 is 0. The lowest BCUT2D eigenvalue weighted by molar-refractivity contribution is 0.434. The van der Waals surface area contributed by atoms with Crippen molar-refractivity contribution in [2.75, 3.05) is 0 Å². The number of nitrogens with one attached hydrogen (secondary N) is 1. The Balaban J connectivity index is 2.28. The van der Waals surface area contributed by atoms with Crippen LogP contribution in [0, 0.1) is 5.41 Å². The molecular weight excluding hydrogens is 174 g/mol. The molecule has 2 heteroatoms. The van der Waals surface area contributed by atoms with Gasteiger partial charge in [-0.3, -0.25) is 5.41 Å². The van der Waals surface area contributed by atoms with E-state index in [9.17, 15) is 0 Å². The van der Waals surface area contributed by atoms with Gasteiger partial charge >= 0.3 is 0 Å². The van der Waals surface area contributed by atoms with Crippen LogP contribution in [-0.4, -0.2) is 5.90 Å². The minimum atomic E-state index is 0.318. The van der Waals surface area contributed by atoms with Crippen LogP contribution in [0.4, 0.5) is 0 Å². The van der Waals surface area contributed by atoms with Crippen molar-refractivity contribution in [1.29, 1.82) is 5.41 Å². The molecule has 2 nitrogen and oxygen atoms in total. The molecule has 0 unspecified atom stereocenters. The Hall–Kier alpha value is -1.31. The lowest BCUT2D eigenvalue weighted by Crippen LogP contribution is -1.95. The lowest BCUT2D eigenvalue weighted by Gasteiger charge is -2.05. The van der Waals surface area contributed by atoms with E-state index < -0.39 is 0 Å². The zero-order valence-corrected chi connectivity index (χ0v) is 8.47. The third kappa shape index (κ3) is 1.52. The maximum Gasteiger partial charge on any atom is 0.219 e. The molecule has 0 saturated carbocycles. The number of rotatable bonds is 2. The molecule has 14 heavy (non-hydrogen) atoms. The van der Waals surface area contributed by atoms with Crippen LogP contribution in [0.25, 0.3) is 0 Å². The Bertz CT molecular complexity index is 347. The molecule has 2 rings (SSSR count). The van der Waals surface area contributed by atoms with Crippen molar-refractivity contribution in [3.8, 4) is 0 Å². The summed E-state index contributed by atoms with van der Waals surface area (Å²) in [5, 5.41) is 7.67. The molecule has 1 heterocycles. The van der Waals surface area contributed by atoms with Crippen LogP contribution in [-0.2, 0) is 4.74 Å². The highest BCUT2D eigenvalue weighted by Crippen LogP contribution is 2.33. The fraction of sp³-hybridized carbons (Fsp3) is 0.417. The van der Waals surface area contributed by atoms with Gasteiger partial charge in [0.15, 0.2) is 0 Å². The molecule has 1 aliphatic carbocycles. The predicted octanol–water partition coefficient (Wildman–Crippen LogP) is 3.32. The fourth-order valence-corrected chi connectivity index (χ4v) is 1.80. The van der Waals surface area contributed by atoms with E-state index in [1.54, 1.807) is 0 Å². The molecule has 74 valence electrons. The summed E-state index contributed by atoms with van der Waals surface area (Å²) in [7, 11) is 0. The molecule has 0 saturated heterocycles. The quantitative estimate of drug-likeness (QED) is 0.710. The first-order valence-corrected chi connectivity index (χ1v) is 5.20. The van der Waals surface area contributed by atoms with Crippen LogP contribution in [0.15, 0.2) is 35.1 Å². The zero-order chi connectivity index (χ0) is 9.97. The van der Waals surface area contributed by atoms with Crippen molar-refractivity contribution in [3.05, 3.63) is 35.1 Å². The second kappa shape index (κ2) is 3.82. The molecule has 1 N–H and O–H groups in total. The van der Waals surface area contributed by atoms with Crippen LogP contribution < -0.4 is 0 Å². The third-order valence-corrected chi connectivity index (χ3v) is 2.54. The van der Waals surface area contributed by atoms with E-state index in [-0.39, 0.29) is 0 Å². The minimum absolute atomic E-state index is 0.318. The van der Waals surface area contributed by atoms with Crippen LogP contribution in [0.2, 0.25) is 0 Å². The largest absolute Gasteiger partial charge is 0.439 e. The molecule has 0 aromatic rings. The van der Waals surface area contributed by atoms with E-state index in [2.05, 4.69) is 19.1 Å². The fourth-order valence-electron chi connectivity index (χ4n) is 1.80. The average Bonchev–Trinajstić information content (AvgIpc) is 2.54. The summed E-state index contributed by atoms with van der Waals surface area (Å²) in [6.45, 7) is 2.15. The molecule has 0 amide bonds. The van der Waals surface area contributed by atoms with E-state index in [0.29, 0.717) is 5.90 Å². The molecule has 2 aliphatic rings. The first-order valence-electron chi connectivity index (χ1n) is 5.20. The van der Waals surface area contributed by atoms with Gasteiger partial charge in [-0.25, -0.2) is 0 Å². The standard InChI is InChI=1S/C12H15NO/c1-2-3-8-11-9-6-4-5-7-10(9)12(13)14-11/h5,7-8,13H,2-4,6H2,1H3/b11-8-,13-12?. The van der Waals surface area contributed by atoms with E-state index >= 15 is 0 Å². The lowest BCUT2D eigenvalue weighted by atomic mass is 9.97. The first kappa shape index (κ1) is 9.25. The zero-order valence-electron chi connectivity index (χ0n) is 8.47. The Morgan fingerprint density at radius 2 is 2.43 bits per heavy atom. The van der Waals surface area contributed by atoms with Gasteiger partial charge in [-0.15, -0.1) is 0 Å². The molecule has 0 bridgehead atoms. The number of ether oxygens (including phenoxy) is 1. The van der Waals surface area contributed by atoms with Crippen molar-refractivity contribution in [1.82, 2.24) is 0 Å². The van der Waals surface area contributed by atoms with Gasteiger partial charge in [0.25, 0.3) is 0 Å². The summed E-state index contributed by atoms with van der Waals surface area (Å²) in [4.78, 5) is 0. The van der Waals surface area contributed by atoms with Gasteiger partial charge < -0.3 is 4.74 Å². The van der Waals surface area contributed by atoms with Crippen molar-refractivity contribution in [2.24, 2.45) is 0 Å².